The molecule has 1 aliphatic heterocycles. The van der Waals surface area contributed by atoms with Crippen LogP contribution < -0.4 is 0 Å². The third-order valence-corrected chi connectivity index (χ3v) is 3.94. The van der Waals surface area contributed by atoms with Crippen LogP contribution in [-0.2, 0) is 19.1 Å². The summed E-state index contributed by atoms with van der Waals surface area (Å²) in [4.78, 5) is 24.8. The predicted octanol–water partition coefficient (Wildman–Crippen LogP) is 0.594. The molecule has 1 amide bonds. The molecule has 1 N–H and O–H groups in total. The Morgan fingerprint density at radius 1 is 1.52 bits per heavy atom. The first-order valence-corrected chi connectivity index (χ1v) is 7.01. The van der Waals surface area contributed by atoms with Crippen LogP contribution in [0.5, 0.6) is 0 Å². The van der Waals surface area contributed by atoms with Crippen molar-refractivity contribution in [3.8, 4) is 0 Å². The predicted molar refractivity (Wildman–Crippen MR) is 65.8 cm³/mol. The van der Waals surface area contributed by atoms with Gasteiger partial charge in [-0.2, -0.15) is 13.5 Å². The Morgan fingerprint density at radius 2 is 2.24 bits per heavy atom. The smallest absolute Gasteiger partial charge is 0.431 e. The molecule has 0 aliphatic carbocycles. The van der Waals surface area contributed by atoms with Crippen LogP contribution in [0, 0.1) is 10.1 Å². The fraction of sp³-hybridized carbons (Fsp3) is 0.300. The molecule has 2 rings (SSSR count). The highest BCUT2D eigenvalue weighted by molar-refractivity contribution is 7.86. The second kappa shape index (κ2) is 5.63. The molecule has 10 nitrogen and oxygen atoms in total. The van der Waals surface area contributed by atoms with Crippen molar-refractivity contribution in [2.45, 2.75) is 11.0 Å². The van der Waals surface area contributed by atoms with Gasteiger partial charge in [0.15, 0.2) is 0 Å². The van der Waals surface area contributed by atoms with Crippen molar-refractivity contribution < 1.29 is 32.3 Å². The number of rotatable bonds is 4. The molecular formula is C10H10N2O8S. The van der Waals surface area contributed by atoms with E-state index in [1.807, 2.05) is 0 Å². The Hall–Kier alpha value is -2.24. The third kappa shape index (κ3) is 3.45. The number of carbonyl (C=O) groups is 1. The Bertz CT molecular complexity index is 673. The quantitative estimate of drug-likeness (QED) is 0.484. The van der Waals surface area contributed by atoms with E-state index in [2.05, 4.69) is 0 Å². The number of nitro benzene ring substituents is 1. The summed E-state index contributed by atoms with van der Waals surface area (Å²) in [6.07, 6.45) is -2.38. The van der Waals surface area contributed by atoms with Gasteiger partial charge < -0.3 is 5.11 Å². The van der Waals surface area contributed by atoms with Gasteiger partial charge >= 0.3 is 6.09 Å². The van der Waals surface area contributed by atoms with E-state index in [-0.39, 0.29) is 18.0 Å². The molecule has 1 aromatic rings. The number of hydrogen-bond acceptors (Lipinski definition) is 7. The van der Waals surface area contributed by atoms with Crippen molar-refractivity contribution in [2.75, 3.05) is 13.2 Å². The molecule has 0 aromatic heterocycles. The summed E-state index contributed by atoms with van der Waals surface area (Å²) in [5, 5.41) is 19.8. The van der Waals surface area contributed by atoms with E-state index in [1.54, 1.807) is 0 Å². The number of hydrogen-bond donors (Lipinski definition) is 1. The average molecular weight is 318 g/mol. The summed E-state index contributed by atoms with van der Waals surface area (Å²) < 4.78 is 28.8. The number of carboxylic acid groups (broad SMARTS) is 1. The van der Waals surface area contributed by atoms with Gasteiger partial charge in [0, 0.05) is 12.1 Å². The number of benzene rings is 1. The van der Waals surface area contributed by atoms with Gasteiger partial charge in [-0.25, -0.2) is 4.79 Å². The molecular weight excluding hydrogens is 308 g/mol. The lowest BCUT2D eigenvalue weighted by atomic mass is 10.3. The molecule has 1 aromatic carbocycles. The molecule has 1 heterocycles. The second-order valence-electron chi connectivity index (χ2n) is 4.07. The summed E-state index contributed by atoms with van der Waals surface area (Å²) in [7, 11) is -4.25. The Kier molecular flexibility index (Phi) is 4.06. The first-order valence-electron chi connectivity index (χ1n) is 5.61. The first kappa shape index (κ1) is 15.2. The maximum atomic E-state index is 12.0. The monoisotopic (exact) mass is 318 g/mol. The van der Waals surface area contributed by atoms with E-state index in [0.717, 1.165) is 18.2 Å². The van der Waals surface area contributed by atoms with Gasteiger partial charge in [-0.1, -0.05) is 6.07 Å². The summed E-state index contributed by atoms with van der Waals surface area (Å²) in [6.45, 7) is -0.524. The number of amides is 1. The lowest BCUT2D eigenvalue weighted by Gasteiger charge is -2.10. The maximum absolute atomic E-state index is 12.0. The lowest BCUT2D eigenvalue weighted by Crippen LogP contribution is -2.28. The lowest BCUT2D eigenvalue weighted by molar-refractivity contribution is -0.385. The van der Waals surface area contributed by atoms with Gasteiger partial charge in [0.1, 0.15) is 17.6 Å². The molecule has 1 fully saturated rings. The van der Waals surface area contributed by atoms with Crippen LogP contribution in [0.1, 0.15) is 0 Å². The van der Waals surface area contributed by atoms with Gasteiger partial charge in [0.2, 0.25) is 0 Å². The summed E-state index contributed by atoms with van der Waals surface area (Å²) in [6, 6.07) is 4.36. The van der Waals surface area contributed by atoms with E-state index < -0.39 is 32.9 Å². The molecule has 0 bridgehead atoms. The van der Waals surface area contributed by atoms with Gasteiger partial charge in [-0.05, 0) is 6.07 Å². The van der Waals surface area contributed by atoms with Crippen molar-refractivity contribution in [1.82, 2.24) is 5.06 Å². The van der Waals surface area contributed by atoms with Gasteiger partial charge in [-0.15, -0.1) is 0 Å². The van der Waals surface area contributed by atoms with Crippen molar-refractivity contribution in [3.63, 3.8) is 0 Å². The fourth-order valence-electron chi connectivity index (χ4n) is 1.64. The van der Waals surface area contributed by atoms with Crippen molar-refractivity contribution in [3.05, 3.63) is 34.4 Å². The fourth-order valence-corrected chi connectivity index (χ4v) is 2.74. The van der Waals surface area contributed by atoms with Gasteiger partial charge in [0.05, 0.1) is 11.5 Å². The van der Waals surface area contributed by atoms with Crippen molar-refractivity contribution in [1.29, 1.82) is 0 Å². The van der Waals surface area contributed by atoms with E-state index in [9.17, 15) is 23.3 Å². The minimum atomic E-state index is -4.25. The molecule has 114 valence electrons. The largest absolute Gasteiger partial charge is 0.463 e. The summed E-state index contributed by atoms with van der Waals surface area (Å²) >= 11 is 0. The molecule has 0 saturated carbocycles. The van der Waals surface area contributed by atoms with Crippen molar-refractivity contribution in [2.24, 2.45) is 0 Å². The van der Waals surface area contributed by atoms with E-state index >= 15 is 0 Å². The highest BCUT2D eigenvalue weighted by Crippen LogP contribution is 2.21. The van der Waals surface area contributed by atoms with Crippen LogP contribution in [0.4, 0.5) is 10.5 Å². The van der Waals surface area contributed by atoms with E-state index in [4.69, 9.17) is 14.1 Å². The van der Waals surface area contributed by atoms with E-state index in [0.29, 0.717) is 5.06 Å². The highest BCUT2D eigenvalue weighted by atomic mass is 32.2. The number of hydroxylamine groups is 2. The minimum absolute atomic E-state index is 0.250. The Labute approximate surface area is 118 Å². The van der Waals surface area contributed by atoms with Crippen LogP contribution in [0.2, 0.25) is 0 Å². The summed E-state index contributed by atoms with van der Waals surface area (Å²) in [5.74, 6) is 0. The minimum Gasteiger partial charge on any atom is -0.463 e. The molecule has 1 aliphatic rings. The zero-order valence-corrected chi connectivity index (χ0v) is 11.2. The zero-order chi connectivity index (χ0) is 15.6. The Morgan fingerprint density at radius 3 is 2.81 bits per heavy atom. The molecule has 0 spiro atoms. The highest BCUT2D eigenvalue weighted by Gasteiger charge is 2.33. The molecule has 0 unspecified atom stereocenters. The molecule has 0 radical (unpaired) electrons. The average Bonchev–Trinajstić information content (AvgIpc) is 2.87. The normalized spacial score (nSPS) is 18.7. The second-order valence-corrected chi connectivity index (χ2v) is 5.64. The topological polar surface area (TPSA) is 136 Å². The van der Waals surface area contributed by atoms with Gasteiger partial charge in [-0.3, -0.25) is 19.1 Å². The van der Waals surface area contributed by atoms with Crippen LogP contribution in [0.25, 0.3) is 0 Å². The van der Waals surface area contributed by atoms with Crippen LogP contribution >= 0.6 is 0 Å². The molecule has 1 saturated heterocycles. The SMILES string of the molecule is O=C(O)N1C[C@@H](OS(=O)(=O)c2cccc([N+](=O)[O-])c2)CO1. The molecule has 1 atom stereocenters. The number of nitro groups is 1. The molecule has 11 heteroatoms. The van der Waals surface area contributed by atoms with E-state index in [1.165, 1.54) is 6.07 Å². The van der Waals surface area contributed by atoms with Crippen molar-refractivity contribution >= 4 is 21.9 Å². The summed E-state index contributed by atoms with van der Waals surface area (Å²) in [5.41, 5.74) is -0.394. The zero-order valence-electron chi connectivity index (χ0n) is 10.4. The Balaban J connectivity index is 2.14. The number of nitrogens with zero attached hydrogens (tertiary/aromatic N) is 2. The third-order valence-electron chi connectivity index (χ3n) is 2.58. The molecule has 21 heavy (non-hydrogen) atoms. The van der Waals surface area contributed by atoms with Crippen LogP contribution in [0.15, 0.2) is 29.2 Å². The maximum Gasteiger partial charge on any atom is 0.431 e. The van der Waals surface area contributed by atoms with Gasteiger partial charge in [0.25, 0.3) is 15.8 Å². The number of non-ortho nitro benzene ring substituents is 1. The first-order chi connectivity index (χ1) is 9.79. The standard InChI is InChI=1S/C10H10N2O8S/c13-10(14)11-5-8(6-19-11)20-21(17,18)9-3-1-2-7(4-9)12(15)16/h1-4,8H,5-6H2,(H,13,14)/t8-/m1/s1. The van der Waals surface area contributed by atoms with Crippen LogP contribution in [-0.4, -0.2) is 48.9 Å². The van der Waals surface area contributed by atoms with Crippen LogP contribution in [0.3, 0.4) is 0 Å².